The maximum absolute atomic E-state index is 14.6. The first-order chi connectivity index (χ1) is 16.4. The summed E-state index contributed by atoms with van der Waals surface area (Å²) in [6.07, 6.45) is 3.31. The van der Waals surface area contributed by atoms with Crippen LogP contribution in [0.3, 0.4) is 0 Å². The Kier molecular flexibility index (Phi) is 4.74. The predicted molar refractivity (Wildman–Crippen MR) is 133 cm³/mol. The highest BCUT2D eigenvalue weighted by Gasteiger charge is 2.78. The minimum Gasteiger partial charge on any atom is -0.467 e. The van der Waals surface area contributed by atoms with Crippen LogP contribution in [0.1, 0.15) is 22.9 Å². The smallest absolute Gasteiger partial charge is 0.254 e. The van der Waals surface area contributed by atoms with Gasteiger partial charge in [0.15, 0.2) is 5.54 Å². The number of amides is 2. The molecule has 0 N–H and O–H groups in total. The number of likely N-dealkylation sites (N-methyl/N-ethyl adjacent to an activating group) is 2. The number of hydrogen-bond acceptors (Lipinski definition) is 7. The van der Waals surface area contributed by atoms with Crippen molar-refractivity contribution in [3.8, 4) is 0 Å². The third-order valence-electron chi connectivity index (χ3n) is 7.30. The molecule has 0 saturated carbocycles. The molecular formula is C25H22N4O3S2. The summed E-state index contributed by atoms with van der Waals surface area (Å²) in [7, 11) is 3.69. The van der Waals surface area contributed by atoms with Crippen molar-refractivity contribution in [2.24, 2.45) is 0 Å². The molecule has 6 rings (SSSR count). The van der Waals surface area contributed by atoms with Crippen molar-refractivity contribution in [2.45, 2.75) is 22.7 Å². The van der Waals surface area contributed by atoms with E-state index in [1.807, 2.05) is 60.5 Å². The van der Waals surface area contributed by atoms with Gasteiger partial charge in [0.05, 0.1) is 12.8 Å². The minimum atomic E-state index is -1.22. The highest BCUT2D eigenvalue weighted by molar-refractivity contribution is 8.25. The maximum Gasteiger partial charge on any atom is 0.254 e. The number of carbonyl (C=O) groups excluding carboxylic acids is 2. The van der Waals surface area contributed by atoms with Gasteiger partial charge in [0.1, 0.15) is 14.8 Å². The Morgan fingerprint density at radius 1 is 1.09 bits per heavy atom. The number of fused-ring (bicyclic) bond motifs is 3. The number of pyridine rings is 1. The van der Waals surface area contributed by atoms with E-state index in [0.717, 1.165) is 16.9 Å². The van der Waals surface area contributed by atoms with Crippen LogP contribution < -0.4 is 4.90 Å². The van der Waals surface area contributed by atoms with Crippen LogP contribution in [0.5, 0.6) is 0 Å². The van der Waals surface area contributed by atoms with Crippen LogP contribution in [0.4, 0.5) is 5.69 Å². The topological polar surface area (TPSA) is 69.9 Å². The molecule has 0 bridgehead atoms. The highest BCUT2D eigenvalue weighted by atomic mass is 32.2. The van der Waals surface area contributed by atoms with Gasteiger partial charge in [-0.3, -0.25) is 24.4 Å². The molecule has 0 unspecified atom stereocenters. The number of benzene rings is 1. The summed E-state index contributed by atoms with van der Waals surface area (Å²) in [5.41, 5.74) is 1.19. The Bertz CT molecular complexity index is 1310. The van der Waals surface area contributed by atoms with E-state index < -0.39 is 10.3 Å². The second kappa shape index (κ2) is 7.49. The number of rotatable bonds is 3. The summed E-state index contributed by atoms with van der Waals surface area (Å²) in [5.74, 6) is -0.0202. The lowest BCUT2D eigenvalue weighted by molar-refractivity contribution is -0.139. The number of furan rings is 1. The number of thiocarbonyl (C=S) groups is 1. The molecule has 2 spiro atoms. The number of carbonyl (C=O) groups is 2. The van der Waals surface area contributed by atoms with Gasteiger partial charge in [-0.2, -0.15) is 0 Å². The van der Waals surface area contributed by atoms with Crippen molar-refractivity contribution in [1.29, 1.82) is 0 Å². The Morgan fingerprint density at radius 2 is 1.88 bits per heavy atom. The van der Waals surface area contributed by atoms with Crippen LogP contribution in [0.2, 0.25) is 0 Å². The summed E-state index contributed by atoms with van der Waals surface area (Å²) < 4.78 is 4.76. The van der Waals surface area contributed by atoms with Gasteiger partial charge in [0.2, 0.25) is 5.91 Å². The average Bonchev–Trinajstić information content (AvgIpc) is 3.57. The first-order valence-electron chi connectivity index (χ1n) is 11.0. The van der Waals surface area contributed by atoms with Crippen molar-refractivity contribution < 1.29 is 14.0 Å². The molecule has 0 radical (unpaired) electrons. The second-order valence-electron chi connectivity index (χ2n) is 8.85. The third kappa shape index (κ3) is 2.52. The fourth-order valence-electron chi connectivity index (χ4n) is 5.89. The number of thioether (sulfide) groups is 1. The van der Waals surface area contributed by atoms with E-state index in [0.29, 0.717) is 16.6 Å². The lowest BCUT2D eigenvalue weighted by Gasteiger charge is -2.42. The summed E-state index contributed by atoms with van der Waals surface area (Å²) in [6.45, 7) is 0.709. The molecule has 2 fully saturated rings. The van der Waals surface area contributed by atoms with Crippen molar-refractivity contribution in [2.75, 3.05) is 25.5 Å². The van der Waals surface area contributed by atoms with Gasteiger partial charge < -0.3 is 9.32 Å². The molecule has 172 valence electrons. The first kappa shape index (κ1) is 21.5. The van der Waals surface area contributed by atoms with Gasteiger partial charge in [-0.05, 0) is 37.4 Å². The normalized spacial score (nSPS) is 28.6. The van der Waals surface area contributed by atoms with Gasteiger partial charge in [-0.15, -0.1) is 0 Å². The first-order valence-corrected chi connectivity index (χ1v) is 12.2. The Balaban J connectivity index is 1.61. The molecule has 7 nitrogen and oxygen atoms in total. The zero-order chi connectivity index (χ0) is 23.7. The number of likely N-dealkylation sites (tertiary alicyclic amines) is 1. The largest absolute Gasteiger partial charge is 0.467 e. The number of aromatic nitrogens is 1. The van der Waals surface area contributed by atoms with Crippen LogP contribution in [-0.4, -0.2) is 56.3 Å². The zero-order valence-electron chi connectivity index (χ0n) is 18.7. The highest BCUT2D eigenvalue weighted by Crippen LogP contribution is 2.66. The lowest BCUT2D eigenvalue weighted by atomic mass is 9.73. The third-order valence-corrected chi connectivity index (χ3v) is 9.24. The standard InChI is InChI=1S/C25H22N4O3S2/c1-27-15-18(19-10-5-6-12-26-19)25(22(31)29(23(33)34-25)14-16-8-7-13-32-16)24(27)17-9-3-4-11-20(17)28(2)21(24)30/h3-13,18H,14-15H2,1-2H3/t18-,24+,25-/m1/s1. The molecule has 2 amide bonds. The van der Waals surface area contributed by atoms with Crippen molar-refractivity contribution in [3.05, 3.63) is 84.1 Å². The lowest BCUT2D eigenvalue weighted by Crippen LogP contribution is -2.62. The molecule has 3 aliphatic heterocycles. The maximum atomic E-state index is 14.6. The molecule has 0 aliphatic carbocycles. The quantitative estimate of drug-likeness (QED) is 0.522. The van der Waals surface area contributed by atoms with Gasteiger partial charge >= 0.3 is 0 Å². The number of para-hydroxylation sites is 1. The van der Waals surface area contributed by atoms with E-state index in [-0.39, 0.29) is 24.3 Å². The summed E-state index contributed by atoms with van der Waals surface area (Å²) in [5, 5.41) is 0. The van der Waals surface area contributed by atoms with Crippen molar-refractivity contribution in [1.82, 2.24) is 14.8 Å². The van der Waals surface area contributed by atoms with Crippen molar-refractivity contribution in [3.63, 3.8) is 0 Å². The molecule has 2 saturated heterocycles. The second-order valence-corrected chi connectivity index (χ2v) is 10.7. The molecule has 3 aromatic rings. The Hall–Kier alpha value is -3.01. The Labute approximate surface area is 206 Å². The van der Waals surface area contributed by atoms with Crippen LogP contribution in [0.25, 0.3) is 0 Å². The molecule has 9 heteroatoms. The van der Waals surface area contributed by atoms with Crippen LogP contribution in [0.15, 0.2) is 71.5 Å². The van der Waals surface area contributed by atoms with E-state index in [2.05, 4.69) is 4.98 Å². The Morgan fingerprint density at radius 3 is 2.62 bits per heavy atom. The molecule has 3 atom stereocenters. The molecule has 5 heterocycles. The van der Waals surface area contributed by atoms with E-state index in [1.165, 1.54) is 11.8 Å². The minimum absolute atomic E-state index is 0.127. The van der Waals surface area contributed by atoms with Crippen molar-refractivity contribution >= 4 is 45.8 Å². The number of hydrogen-bond donors (Lipinski definition) is 0. The van der Waals surface area contributed by atoms with Gasteiger partial charge in [0, 0.05) is 42.7 Å². The average molecular weight is 491 g/mol. The van der Waals surface area contributed by atoms with E-state index >= 15 is 0 Å². The zero-order valence-corrected chi connectivity index (χ0v) is 20.3. The van der Waals surface area contributed by atoms with E-state index in [1.54, 1.807) is 35.4 Å². The predicted octanol–water partition coefficient (Wildman–Crippen LogP) is 3.37. The fourth-order valence-corrected chi connectivity index (χ4v) is 8.00. The van der Waals surface area contributed by atoms with Crippen LogP contribution in [0, 0.1) is 0 Å². The molecule has 3 aliphatic rings. The molecule has 2 aromatic heterocycles. The SMILES string of the molecule is CN1C(=O)[C@]2(c3ccccc31)N(C)C[C@H](c1ccccn1)[C@]21SC(=S)N(Cc2ccco2)C1=O. The van der Waals surface area contributed by atoms with Crippen LogP contribution >= 0.6 is 24.0 Å². The fraction of sp³-hybridized carbons (Fsp3) is 0.280. The summed E-state index contributed by atoms with van der Waals surface area (Å²) >= 11 is 7.11. The summed E-state index contributed by atoms with van der Waals surface area (Å²) in [6, 6.07) is 17.0. The van der Waals surface area contributed by atoms with E-state index in [4.69, 9.17) is 16.6 Å². The number of anilines is 1. The van der Waals surface area contributed by atoms with Gasteiger partial charge in [-0.25, -0.2) is 0 Å². The van der Waals surface area contributed by atoms with Gasteiger partial charge in [-0.1, -0.05) is 48.2 Å². The number of nitrogens with zero attached hydrogens (tertiary/aromatic N) is 4. The molecular weight excluding hydrogens is 468 g/mol. The summed E-state index contributed by atoms with van der Waals surface area (Å²) in [4.78, 5) is 38.7. The molecule has 1 aromatic carbocycles. The molecule has 34 heavy (non-hydrogen) atoms. The van der Waals surface area contributed by atoms with E-state index in [9.17, 15) is 9.59 Å². The van der Waals surface area contributed by atoms with Crippen LogP contribution in [-0.2, 0) is 21.7 Å². The monoisotopic (exact) mass is 490 g/mol. The van der Waals surface area contributed by atoms with Gasteiger partial charge in [0.25, 0.3) is 5.91 Å².